The van der Waals surface area contributed by atoms with Crippen LogP contribution < -0.4 is 0 Å². The van der Waals surface area contributed by atoms with Crippen molar-refractivity contribution in [1.82, 2.24) is 0 Å². The number of hydrogen-bond donors (Lipinski definition) is 0. The van der Waals surface area contributed by atoms with Crippen molar-refractivity contribution in [2.75, 3.05) is 13.2 Å². The minimum absolute atomic E-state index is 0.0968. The molecule has 0 fully saturated rings. The Morgan fingerprint density at radius 1 is 0.253 bits per heavy atom. The summed E-state index contributed by atoms with van der Waals surface area (Å²) in [6, 6.07) is 0. The number of esters is 3. The van der Waals surface area contributed by atoms with Crippen LogP contribution in [0.4, 0.5) is 0 Å². The molecule has 0 aliphatic heterocycles. The summed E-state index contributed by atoms with van der Waals surface area (Å²) in [5, 5.41) is 0. The van der Waals surface area contributed by atoms with Crippen LogP contribution in [0, 0.1) is 0 Å². The lowest BCUT2D eigenvalue weighted by atomic mass is 10.0. The molecule has 0 aromatic carbocycles. The smallest absolute Gasteiger partial charge is 0.306 e. The zero-order valence-electron chi connectivity index (χ0n) is 54.7. The third kappa shape index (κ3) is 68.7. The zero-order chi connectivity index (χ0) is 59.9. The van der Waals surface area contributed by atoms with Crippen molar-refractivity contribution in [3.05, 3.63) is 109 Å². The van der Waals surface area contributed by atoms with Gasteiger partial charge in [0.05, 0.1) is 0 Å². The van der Waals surface area contributed by atoms with Gasteiger partial charge in [-0.05, 0) is 122 Å². The number of ether oxygens (including phenoxy) is 3. The third-order valence-electron chi connectivity index (χ3n) is 15.2. The van der Waals surface area contributed by atoms with Gasteiger partial charge in [-0.15, -0.1) is 0 Å². The lowest BCUT2D eigenvalue weighted by molar-refractivity contribution is -0.167. The summed E-state index contributed by atoms with van der Waals surface area (Å²) >= 11 is 0. The molecule has 83 heavy (non-hydrogen) atoms. The molecule has 0 amide bonds. The topological polar surface area (TPSA) is 78.9 Å². The van der Waals surface area contributed by atoms with Crippen molar-refractivity contribution < 1.29 is 28.6 Å². The van der Waals surface area contributed by atoms with Gasteiger partial charge in [0.1, 0.15) is 13.2 Å². The Kier molecular flexibility index (Phi) is 67.2. The largest absolute Gasteiger partial charge is 0.462 e. The number of rotatable bonds is 64. The maximum atomic E-state index is 13.0. The molecule has 0 spiro atoms. The summed E-state index contributed by atoms with van der Waals surface area (Å²) in [5.74, 6) is -0.949. The second-order valence-electron chi connectivity index (χ2n) is 23.4. The molecule has 0 saturated carbocycles. The number of hydrogen-bond acceptors (Lipinski definition) is 6. The van der Waals surface area contributed by atoms with Gasteiger partial charge in [0.15, 0.2) is 6.10 Å². The second kappa shape index (κ2) is 70.6. The van der Waals surface area contributed by atoms with Gasteiger partial charge in [0, 0.05) is 19.3 Å². The molecule has 1 unspecified atom stereocenters. The molecule has 0 aromatic heterocycles. The first-order valence-electron chi connectivity index (χ1n) is 35.4. The highest BCUT2D eigenvalue weighted by atomic mass is 16.6. The first-order chi connectivity index (χ1) is 41.0. The quantitative estimate of drug-likeness (QED) is 0.0261. The van der Waals surface area contributed by atoms with Crippen LogP contribution in [0.1, 0.15) is 342 Å². The first kappa shape index (κ1) is 79.1. The van der Waals surface area contributed by atoms with Crippen LogP contribution in [0.5, 0.6) is 0 Å². The highest BCUT2D eigenvalue weighted by Gasteiger charge is 2.19. The number of carbonyl (C=O) groups excluding carboxylic acids is 3. The molecule has 476 valence electrons. The lowest BCUT2D eigenvalue weighted by Crippen LogP contribution is -2.30. The predicted octanol–water partition coefficient (Wildman–Crippen LogP) is 24.6. The fraction of sp³-hybridized carbons (Fsp3) is 0.727. The lowest BCUT2D eigenvalue weighted by Gasteiger charge is -2.18. The minimum atomic E-state index is -0.807. The maximum absolute atomic E-state index is 13.0. The van der Waals surface area contributed by atoms with Crippen LogP contribution in [-0.4, -0.2) is 37.2 Å². The summed E-state index contributed by atoms with van der Waals surface area (Å²) in [6.45, 7) is 6.49. The molecule has 0 saturated heterocycles. The molecule has 1 atom stereocenters. The van der Waals surface area contributed by atoms with Gasteiger partial charge < -0.3 is 14.2 Å². The van der Waals surface area contributed by atoms with E-state index in [4.69, 9.17) is 14.2 Å². The summed E-state index contributed by atoms with van der Waals surface area (Å²) in [5.41, 5.74) is 0. The second-order valence-corrected chi connectivity index (χ2v) is 23.4. The molecule has 0 N–H and O–H groups in total. The van der Waals surface area contributed by atoms with Gasteiger partial charge in [-0.25, -0.2) is 0 Å². The third-order valence-corrected chi connectivity index (χ3v) is 15.2. The van der Waals surface area contributed by atoms with Crippen LogP contribution in [0.25, 0.3) is 0 Å². The summed E-state index contributed by atoms with van der Waals surface area (Å²) in [6.07, 6.45) is 96.9. The summed E-state index contributed by atoms with van der Waals surface area (Å²) < 4.78 is 16.9. The zero-order valence-corrected chi connectivity index (χ0v) is 54.7. The number of carbonyl (C=O) groups is 3. The monoisotopic (exact) mass is 1150 g/mol. The van der Waals surface area contributed by atoms with Crippen LogP contribution in [0.3, 0.4) is 0 Å². The van der Waals surface area contributed by atoms with Crippen molar-refractivity contribution in [2.45, 2.75) is 348 Å². The molecular formula is C77H132O6. The summed E-state index contributed by atoms with van der Waals surface area (Å²) in [4.78, 5) is 38.4. The van der Waals surface area contributed by atoms with E-state index in [0.717, 1.165) is 89.9 Å². The Balaban J connectivity index is 4.38. The van der Waals surface area contributed by atoms with Crippen molar-refractivity contribution in [1.29, 1.82) is 0 Å². The molecule has 0 aliphatic carbocycles. The van der Waals surface area contributed by atoms with E-state index in [-0.39, 0.29) is 37.5 Å². The Hall–Kier alpha value is -3.93. The summed E-state index contributed by atoms with van der Waals surface area (Å²) in [7, 11) is 0. The standard InChI is InChI=1S/C77H132O6/c1-4-7-10-13-16-19-22-25-28-31-33-35-36-37-38-39-40-42-43-46-49-52-55-58-61-64-67-70-76(79)82-73-74(72-81-75(78)69-66-63-60-57-54-51-48-45-30-27-24-21-18-15-12-9-6-3)83-77(80)71-68-65-62-59-56-53-50-47-44-41-34-32-29-26-23-20-17-14-11-8-5-2/h9,12,18,21-23,25-27,30-34,48,51,57,60,74H,4-8,10-11,13-17,19-20,24,28-29,35-47,49-50,52-56,58-59,61-73H2,1-3H3/b12-9-,21-18-,25-22-,26-23-,30-27-,33-31-,34-32-,51-48-,60-57-. The Labute approximate surface area is 514 Å². The Bertz CT molecular complexity index is 1660. The van der Waals surface area contributed by atoms with E-state index in [9.17, 15) is 14.4 Å². The van der Waals surface area contributed by atoms with Gasteiger partial charge in [-0.2, -0.15) is 0 Å². The Morgan fingerprint density at radius 3 is 0.783 bits per heavy atom. The van der Waals surface area contributed by atoms with Crippen molar-refractivity contribution in [3.63, 3.8) is 0 Å². The molecule has 0 aliphatic rings. The maximum Gasteiger partial charge on any atom is 0.306 e. The number of unbranched alkanes of at least 4 members (excludes halogenated alkanes) is 35. The molecule has 0 heterocycles. The number of allylic oxidation sites excluding steroid dienone is 18. The molecule has 0 radical (unpaired) electrons. The van der Waals surface area contributed by atoms with Gasteiger partial charge in [0.25, 0.3) is 0 Å². The van der Waals surface area contributed by atoms with Gasteiger partial charge in [-0.1, -0.05) is 310 Å². The fourth-order valence-electron chi connectivity index (χ4n) is 9.95. The first-order valence-corrected chi connectivity index (χ1v) is 35.4. The van der Waals surface area contributed by atoms with Crippen LogP contribution in [0.2, 0.25) is 0 Å². The predicted molar refractivity (Wildman–Crippen MR) is 362 cm³/mol. The molecule has 0 bridgehead atoms. The van der Waals surface area contributed by atoms with Gasteiger partial charge in [0.2, 0.25) is 0 Å². The van der Waals surface area contributed by atoms with Crippen LogP contribution in [0.15, 0.2) is 109 Å². The van der Waals surface area contributed by atoms with Crippen LogP contribution >= 0.6 is 0 Å². The van der Waals surface area contributed by atoms with Crippen molar-refractivity contribution in [3.8, 4) is 0 Å². The van der Waals surface area contributed by atoms with E-state index in [2.05, 4.69) is 130 Å². The van der Waals surface area contributed by atoms with Crippen molar-refractivity contribution in [2.24, 2.45) is 0 Å². The van der Waals surface area contributed by atoms with E-state index in [1.54, 1.807) is 0 Å². The molecule has 0 rings (SSSR count). The van der Waals surface area contributed by atoms with E-state index in [1.807, 2.05) is 0 Å². The van der Waals surface area contributed by atoms with E-state index in [0.29, 0.717) is 19.3 Å². The van der Waals surface area contributed by atoms with Crippen LogP contribution in [-0.2, 0) is 28.6 Å². The molecular weight excluding hydrogens is 1020 g/mol. The van der Waals surface area contributed by atoms with E-state index in [1.165, 1.54) is 205 Å². The highest BCUT2D eigenvalue weighted by molar-refractivity contribution is 5.71. The molecule has 6 heteroatoms. The van der Waals surface area contributed by atoms with E-state index < -0.39 is 6.10 Å². The highest BCUT2D eigenvalue weighted by Crippen LogP contribution is 2.17. The Morgan fingerprint density at radius 2 is 0.482 bits per heavy atom. The molecule has 0 aromatic rings. The van der Waals surface area contributed by atoms with E-state index >= 15 is 0 Å². The average molecular weight is 1150 g/mol. The van der Waals surface area contributed by atoms with Crippen molar-refractivity contribution >= 4 is 17.9 Å². The fourth-order valence-corrected chi connectivity index (χ4v) is 9.95. The normalized spacial score (nSPS) is 12.8. The average Bonchev–Trinajstić information content (AvgIpc) is 3.50. The van der Waals surface area contributed by atoms with Gasteiger partial charge in [-0.3, -0.25) is 14.4 Å². The van der Waals surface area contributed by atoms with Gasteiger partial charge >= 0.3 is 17.9 Å². The molecule has 6 nitrogen and oxygen atoms in total. The SMILES string of the molecule is CC/C=C\C/C=C\C/C=C\C/C=C\C/C=C\CCCC(=O)OCC(COC(=O)CCCCCCCCCCCCCCCCC/C=C\C/C=C\CCCCCCC)OC(=O)CCCCCCCCCCC/C=C\C/C=C\CCCCCCC. The minimum Gasteiger partial charge on any atom is -0.462 e.